The average Bonchev–Trinajstić information content (AvgIpc) is 3.03. The van der Waals surface area contributed by atoms with Crippen LogP contribution >= 0.6 is 0 Å². The maximum Gasteiger partial charge on any atom is 0.189 e. The topological polar surface area (TPSA) is 263 Å². The Kier molecular flexibility index (Phi) is 18.5. The maximum absolute atomic E-state index is 10.9. The molecule has 0 aliphatic carbocycles. The van der Waals surface area contributed by atoms with E-state index in [4.69, 9.17) is 30.4 Å². The molecule has 48 heavy (non-hydrogen) atoms. The van der Waals surface area contributed by atoms with Gasteiger partial charge in [0.15, 0.2) is 18.9 Å². The highest BCUT2D eigenvalue weighted by Crippen LogP contribution is 2.27. The predicted molar refractivity (Wildman–Crippen MR) is 177 cm³/mol. The highest BCUT2D eigenvalue weighted by molar-refractivity contribution is 5.72. The third kappa shape index (κ3) is 12.9. The van der Waals surface area contributed by atoms with Crippen LogP contribution in [0.15, 0.2) is 39.9 Å². The first-order chi connectivity index (χ1) is 22.6. The van der Waals surface area contributed by atoms with Crippen molar-refractivity contribution in [3.8, 4) is 0 Å². The largest absolute Gasteiger partial charge is 0.394 e. The maximum atomic E-state index is 10.9. The summed E-state index contributed by atoms with van der Waals surface area (Å²) >= 11 is 0. The van der Waals surface area contributed by atoms with Crippen molar-refractivity contribution in [1.82, 2.24) is 0 Å². The predicted octanol–water partition coefficient (Wildman–Crippen LogP) is -1.13. The molecule has 0 aromatic rings. The summed E-state index contributed by atoms with van der Waals surface area (Å²) in [6, 6.07) is -3.13. The van der Waals surface area contributed by atoms with Gasteiger partial charge in [-0.15, -0.1) is 0 Å². The minimum atomic E-state index is -1.71. The van der Waals surface area contributed by atoms with Crippen molar-refractivity contribution in [2.45, 2.75) is 153 Å². The highest BCUT2D eigenvalue weighted by Gasteiger charge is 2.47. The van der Waals surface area contributed by atoms with E-state index in [1.54, 1.807) is 6.08 Å². The standard InChI is InChI=1S/C33H59N3O12/c1-17(2)8-6-9-18(3)10-7-11-19(4)12-13-36-25-26(39)23(15-37)46-32(28(25)41)48-31(44)22(35)14-21(34)20(5)45-33-30(43)29(42)27(40)24(16-38)47-33/h8,10,12-13,20-33,37-44H,6-7,9,11,14-16,34-35H2,1-5H3/b18-10+,19-12+,36-13?. The summed E-state index contributed by atoms with van der Waals surface area (Å²) in [5.41, 5.74) is 16.0. The minimum absolute atomic E-state index is 0.0928. The highest BCUT2D eigenvalue weighted by atomic mass is 16.7. The van der Waals surface area contributed by atoms with Crippen molar-refractivity contribution in [2.24, 2.45) is 16.5 Å². The SMILES string of the molecule is CC(C)=CCC/C(C)=C/CC/C(C)=C/C=NC1C(O)C(CO)OC(OC(O)C(N)CC(N)C(C)OC2OC(CO)C(O)C(O)C2O)C1O. The van der Waals surface area contributed by atoms with Gasteiger partial charge >= 0.3 is 0 Å². The molecule has 15 heteroatoms. The summed E-state index contributed by atoms with van der Waals surface area (Å²) in [4.78, 5) is 4.32. The second-order valence-corrected chi connectivity index (χ2v) is 13.0. The molecule has 0 saturated carbocycles. The van der Waals surface area contributed by atoms with E-state index in [2.05, 4.69) is 37.9 Å². The van der Waals surface area contributed by atoms with Gasteiger partial charge in [0.05, 0.1) is 25.4 Å². The molecule has 14 unspecified atom stereocenters. The van der Waals surface area contributed by atoms with Crippen LogP contribution in [-0.4, -0.2) is 146 Å². The summed E-state index contributed by atoms with van der Waals surface area (Å²) in [5.74, 6) is 0. The summed E-state index contributed by atoms with van der Waals surface area (Å²) in [6.07, 6.45) is -4.20. The molecule has 0 aromatic heterocycles. The van der Waals surface area contributed by atoms with Gasteiger partial charge in [0.2, 0.25) is 0 Å². The summed E-state index contributed by atoms with van der Waals surface area (Å²) in [5, 5.41) is 81.7. The van der Waals surface area contributed by atoms with E-state index in [9.17, 15) is 40.9 Å². The van der Waals surface area contributed by atoms with Crippen molar-refractivity contribution in [2.75, 3.05) is 13.2 Å². The minimum Gasteiger partial charge on any atom is -0.394 e. The first kappa shape index (κ1) is 42.5. The number of ether oxygens (including phenoxy) is 4. The molecule has 2 saturated heterocycles. The zero-order valence-corrected chi connectivity index (χ0v) is 28.7. The zero-order valence-electron chi connectivity index (χ0n) is 28.7. The van der Waals surface area contributed by atoms with E-state index in [-0.39, 0.29) is 6.42 Å². The molecule has 15 nitrogen and oxygen atoms in total. The van der Waals surface area contributed by atoms with Gasteiger partial charge < -0.3 is 71.3 Å². The Morgan fingerprint density at radius 3 is 1.92 bits per heavy atom. The Balaban J connectivity index is 1.95. The molecule has 2 rings (SSSR count). The third-order valence-electron chi connectivity index (χ3n) is 8.57. The van der Waals surface area contributed by atoms with E-state index in [0.29, 0.717) is 0 Å². The fourth-order valence-corrected chi connectivity index (χ4v) is 5.30. The molecule has 2 heterocycles. The fraction of sp³-hybridized carbons (Fsp3) is 0.788. The number of aliphatic hydroxyl groups excluding tert-OH is 8. The number of rotatable bonds is 18. The van der Waals surface area contributed by atoms with E-state index >= 15 is 0 Å². The van der Waals surface area contributed by atoms with Gasteiger partial charge in [-0.1, -0.05) is 28.9 Å². The number of hydrogen-bond donors (Lipinski definition) is 10. The van der Waals surface area contributed by atoms with Gasteiger partial charge in [0.1, 0.15) is 48.8 Å². The summed E-state index contributed by atoms with van der Waals surface area (Å²) in [6.45, 7) is 8.55. The van der Waals surface area contributed by atoms with Crippen molar-refractivity contribution >= 4 is 6.21 Å². The van der Waals surface area contributed by atoms with Gasteiger partial charge in [-0.2, -0.15) is 0 Å². The Morgan fingerprint density at radius 1 is 0.750 bits per heavy atom. The van der Waals surface area contributed by atoms with E-state index in [1.807, 2.05) is 6.92 Å². The van der Waals surface area contributed by atoms with Crippen LogP contribution in [0, 0.1) is 0 Å². The Labute approximate surface area is 283 Å². The Bertz CT molecular complexity index is 1070. The Hall–Kier alpha value is -1.67. The van der Waals surface area contributed by atoms with Gasteiger partial charge in [-0.25, -0.2) is 0 Å². The zero-order chi connectivity index (χ0) is 36.1. The molecule has 278 valence electrons. The monoisotopic (exact) mass is 689 g/mol. The van der Waals surface area contributed by atoms with Gasteiger partial charge in [-0.05, 0) is 72.8 Å². The van der Waals surface area contributed by atoms with Crippen molar-refractivity contribution in [3.63, 3.8) is 0 Å². The van der Waals surface area contributed by atoms with Gasteiger partial charge in [0.25, 0.3) is 0 Å². The van der Waals surface area contributed by atoms with Crippen molar-refractivity contribution < 1.29 is 59.8 Å². The lowest BCUT2D eigenvalue weighted by Gasteiger charge is -2.42. The van der Waals surface area contributed by atoms with E-state index < -0.39 is 99.0 Å². The number of hydrogen-bond acceptors (Lipinski definition) is 15. The van der Waals surface area contributed by atoms with Crippen LogP contribution in [0.2, 0.25) is 0 Å². The number of nitrogens with two attached hydrogens (primary N) is 2. The third-order valence-corrected chi connectivity index (χ3v) is 8.57. The lowest BCUT2D eigenvalue weighted by molar-refractivity contribution is -0.317. The van der Waals surface area contributed by atoms with E-state index in [1.165, 1.54) is 24.3 Å². The number of aliphatic hydroxyl groups is 8. The molecular formula is C33H59N3O12. The Morgan fingerprint density at radius 2 is 1.31 bits per heavy atom. The molecule has 2 aliphatic rings. The molecule has 14 atom stereocenters. The van der Waals surface area contributed by atoms with Crippen LogP contribution < -0.4 is 11.5 Å². The molecular weight excluding hydrogens is 630 g/mol. The van der Waals surface area contributed by atoms with Crippen LogP contribution in [0.4, 0.5) is 0 Å². The number of allylic oxidation sites excluding steroid dienone is 6. The molecule has 12 N–H and O–H groups in total. The summed E-state index contributed by atoms with van der Waals surface area (Å²) < 4.78 is 22.0. The van der Waals surface area contributed by atoms with Crippen molar-refractivity contribution in [3.05, 3.63) is 34.9 Å². The molecule has 0 aromatic carbocycles. The smallest absolute Gasteiger partial charge is 0.189 e. The van der Waals surface area contributed by atoms with Crippen LogP contribution in [-0.2, 0) is 18.9 Å². The average molecular weight is 690 g/mol. The van der Waals surface area contributed by atoms with Crippen molar-refractivity contribution in [1.29, 1.82) is 0 Å². The summed E-state index contributed by atoms with van der Waals surface area (Å²) in [7, 11) is 0. The molecule has 0 spiro atoms. The molecule has 0 amide bonds. The molecule has 0 radical (unpaired) electrons. The molecule has 0 bridgehead atoms. The van der Waals surface area contributed by atoms with Crippen LogP contribution in [0.25, 0.3) is 0 Å². The van der Waals surface area contributed by atoms with Crippen LogP contribution in [0.3, 0.4) is 0 Å². The lowest BCUT2D eigenvalue weighted by Crippen LogP contribution is -2.60. The van der Waals surface area contributed by atoms with E-state index in [0.717, 1.165) is 31.3 Å². The second kappa shape index (κ2) is 20.9. The normalized spacial score (nSPS) is 34.6. The first-order valence-electron chi connectivity index (χ1n) is 16.5. The number of aliphatic imine (C=N–C) groups is 1. The molecule has 2 aliphatic heterocycles. The molecule has 2 fully saturated rings. The first-order valence-corrected chi connectivity index (χ1v) is 16.5. The van der Waals surface area contributed by atoms with Gasteiger partial charge in [0, 0.05) is 12.3 Å². The van der Waals surface area contributed by atoms with Crippen LogP contribution in [0.1, 0.15) is 66.7 Å². The fourth-order valence-electron chi connectivity index (χ4n) is 5.30. The second-order valence-electron chi connectivity index (χ2n) is 13.0. The number of nitrogens with zero attached hydrogens (tertiary/aromatic N) is 1. The van der Waals surface area contributed by atoms with Gasteiger partial charge in [-0.3, -0.25) is 4.99 Å². The lowest BCUT2D eigenvalue weighted by atomic mass is 9.96. The van der Waals surface area contributed by atoms with Crippen LogP contribution in [0.5, 0.6) is 0 Å². The quantitative estimate of drug-likeness (QED) is 0.0464.